The molecule has 6 nitrogen and oxygen atoms in total. The molecule has 0 aromatic rings. The highest BCUT2D eigenvalue weighted by Crippen LogP contribution is 2.21. The van der Waals surface area contributed by atoms with E-state index in [9.17, 15) is 4.79 Å². The Hall–Kier alpha value is -0.570. The molecule has 0 aliphatic heterocycles. The van der Waals surface area contributed by atoms with Crippen LogP contribution in [-0.2, 0) is 14.3 Å². The van der Waals surface area contributed by atoms with Gasteiger partial charge in [0.05, 0.1) is 0 Å². The highest BCUT2D eigenvalue weighted by Gasteiger charge is 2.18. The standard InChI is InChI=1S/C16H31N3O3.HI/c1-3-17-16(19-12-7-13-21-2)18-11-6-10-15(20)22-14-8-4-5-9-14;/h14H,3-13H2,1-2H3,(H2,17,18,19);1H. The van der Waals surface area contributed by atoms with E-state index >= 15 is 0 Å². The molecule has 23 heavy (non-hydrogen) atoms. The molecule has 1 saturated carbocycles. The Kier molecular flexibility index (Phi) is 14.6. The summed E-state index contributed by atoms with van der Waals surface area (Å²) in [6, 6.07) is 0. The molecule has 1 fully saturated rings. The lowest BCUT2D eigenvalue weighted by Crippen LogP contribution is -2.38. The average Bonchev–Trinajstić information content (AvgIpc) is 3.00. The molecule has 0 heterocycles. The van der Waals surface area contributed by atoms with E-state index in [2.05, 4.69) is 15.6 Å². The molecular formula is C16H32IN3O3. The van der Waals surface area contributed by atoms with Gasteiger partial charge in [-0.1, -0.05) is 0 Å². The van der Waals surface area contributed by atoms with E-state index in [1.807, 2.05) is 6.92 Å². The van der Waals surface area contributed by atoms with Gasteiger partial charge in [-0.2, -0.15) is 0 Å². The highest BCUT2D eigenvalue weighted by molar-refractivity contribution is 14.0. The molecule has 136 valence electrons. The first-order valence-corrected chi connectivity index (χ1v) is 8.46. The van der Waals surface area contributed by atoms with Gasteiger partial charge in [0, 0.05) is 39.8 Å². The summed E-state index contributed by atoms with van der Waals surface area (Å²) in [6.45, 7) is 5.04. The van der Waals surface area contributed by atoms with E-state index in [0.717, 1.165) is 51.3 Å². The molecule has 2 N–H and O–H groups in total. The van der Waals surface area contributed by atoms with Gasteiger partial charge in [0.2, 0.25) is 0 Å². The Morgan fingerprint density at radius 2 is 1.96 bits per heavy atom. The first-order valence-electron chi connectivity index (χ1n) is 8.46. The van der Waals surface area contributed by atoms with Crippen LogP contribution in [0.2, 0.25) is 0 Å². The van der Waals surface area contributed by atoms with Crippen molar-refractivity contribution in [2.75, 3.05) is 33.4 Å². The molecule has 0 spiro atoms. The summed E-state index contributed by atoms with van der Waals surface area (Å²) in [5.41, 5.74) is 0. The first-order chi connectivity index (χ1) is 10.8. The minimum Gasteiger partial charge on any atom is -0.462 e. The van der Waals surface area contributed by atoms with Crippen molar-refractivity contribution in [1.29, 1.82) is 0 Å². The predicted molar refractivity (Wildman–Crippen MR) is 103 cm³/mol. The monoisotopic (exact) mass is 441 g/mol. The van der Waals surface area contributed by atoms with Crippen LogP contribution in [0, 0.1) is 0 Å². The number of aliphatic imine (C=N–C) groups is 1. The fraction of sp³-hybridized carbons (Fsp3) is 0.875. The normalized spacial score (nSPS) is 15.1. The van der Waals surface area contributed by atoms with Crippen LogP contribution in [0.4, 0.5) is 0 Å². The number of ether oxygens (including phenoxy) is 2. The maximum Gasteiger partial charge on any atom is 0.306 e. The van der Waals surface area contributed by atoms with Gasteiger partial charge >= 0.3 is 5.97 Å². The Morgan fingerprint density at radius 3 is 2.61 bits per heavy atom. The van der Waals surface area contributed by atoms with Crippen LogP contribution < -0.4 is 10.6 Å². The highest BCUT2D eigenvalue weighted by atomic mass is 127. The molecule has 0 amide bonds. The number of hydrogen-bond acceptors (Lipinski definition) is 4. The van der Waals surface area contributed by atoms with Crippen molar-refractivity contribution in [3.05, 3.63) is 0 Å². The number of carbonyl (C=O) groups is 1. The van der Waals surface area contributed by atoms with Crippen LogP contribution in [0.1, 0.15) is 51.9 Å². The zero-order chi connectivity index (χ0) is 16.0. The topological polar surface area (TPSA) is 72.0 Å². The molecule has 0 unspecified atom stereocenters. The molecule has 1 aliphatic rings. The van der Waals surface area contributed by atoms with Crippen LogP contribution in [0.15, 0.2) is 4.99 Å². The summed E-state index contributed by atoms with van der Waals surface area (Å²) >= 11 is 0. The fourth-order valence-electron chi connectivity index (χ4n) is 2.43. The first kappa shape index (κ1) is 22.4. The Balaban J connectivity index is 0.00000484. The van der Waals surface area contributed by atoms with Crippen LogP contribution in [0.3, 0.4) is 0 Å². The lowest BCUT2D eigenvalue weighted by molar-refractivity contribution is -0.148. The minimum absolute atomic E-state index is 0. The summed E-state index contributed by atoms with van der Waals surface area (Å²) in [5, 5.41) is 6.43. The van der Waals surface area contributed by atoms with E-state index in [1.165, 1.54) is 12.8 Å². The number of nitrogens with one attached hydrogen (secondary N) is 2. The zero-order valence-electron chi connectivity index (χ0n) is 14.4. The molecule has 0 radical (unpaired) electrons. The Bertz CT molecular complexity index is 335. The smallest absolute Gasteiger partial charge is 0.306 e. The number of nitrogens with zero attached hydrogens (tertiary/aromatic N) is 1. The molecule has 7 heteroatoms. The second-order valence-electron chi connectivity index (χ2n) is 5.53. The summed E-state index contributed by atoms with van der Waals surface area (Å²) in [6.07, 6.45) is 6.69. The maximum atomic E-state index is 11.7. The minimum atomic E-state index is -0.0832. The van der Waals surface area contributed by atoms with Crippen LogP contribution in [0.25, 0.3) is 0 Å². The van der Waals surface area contributed by atoms with Crippen molar-refractivity contribution in [3.63, 3.8) is 0 Å². The summed E-state index contributed by atoms with van der Waals surface area (Å²) in [5.74, 6) is 0.711. The molecule has 0 aromatic heterocycles. The molecule has 0 atom stereocenters. The van der Waals surface area contributed by atoms with Gasteiger partial charge in [0.25, 0.3) is 0 Å². The SMILES string of the molecule is CCNC(=NCCCC(=O)OC1CCCC1)NCCCOC.I. The van der Waals surface area contributed by atoms with Gasteiger partial charge in [-0.05, 0) is 45.4 Å². The van der Waals surface area contributed by atoms with Crippen molar-refractivity contribution in [1.82, 2.24) is 10.6 Å². The molecule has 0 saturated heterocycles. The Morgan fingerprint density at radius 1 is 1.22 bits per heavy atom. The number of carbonyl (C=O) groups excluding carboxylic acids is 1. The van der Waals surface area contributed by atoms with Gasteiger partial charge in [-0.3, -0.25) is 9.79 Å². The molecule has 0 bridgehead atoms. The van der Waals surface area contributed by atoms with E-state index in [4.69, 9.17) is 9.47 Å². The fourth-order valence-corrected chi connectivity index (χ4v) is 2.43. The van der Waals surface area contributed by atoms with Crippen molar-refractivity contribution in [2.24, 2.45) is 4.99 Å². The molecular weight excluding hydrogens is 409 g/mol. The van der Waals surface area contributed by atoms with Gasteiger partial charge < -0.3 is 20.1 Å². The van der Waals surface area contributed by atoms with Crippen molar-refractivity contribution >= 4 is 35.9 Å². The quantitative estimate of drug-likeness (QED) is 0.179. The molecule has 0 aromatic carbocycles. The van der Waals surface area contributed by atoms with Crippen LogP contribution >= 0.6 is 24.0 Å². The summed E-state index contributed by atoms with van der Waals surface area (Å²) < 4.78 is 10.4. The van der Waals surface area contributed by atoms with Gasteiger partial charge in [0.1, 0.15) is 6.10 Å². The maximum absolute atomic E-state index is 11.7. The number of hydrogen-bond donors (Lipinski definition) is 2. The number of guanidine groups is 1. The third kappa shape index (κ3) is 11.6. The average molecular weight is 441 g/mol. The van der Waals surface area contributed by atoms with E-state index < -0.39 is 0 Å². The zero-order valence-corrected chi connectivity index (χ0v) is 16.8. The second-order valence-corrected chi connectivity index (χ2v) is 5.53. The van der Waals surface area contributed by atoms with Crippen molar-refractivity contribution in [2.45, 2.75) is 58.0 Å². The lowest BCUT2D eigenvalue weighted by Gasteiger charge is -2.12. The Labute approximate surface area is 157 Å². The number of esters is 1. The van der Waals surface area contributed by atoms with E-state index in [0.29, 0.717) is 13.0 Å². The third-order valence-electron chi connectivity index (χ3n) is 3.57. The van der Waals surface area contributed by atoms with Gasteiger partial charge in [-0.15, -0.1) is 24.0 Å². The number of rotatable bonds is 10. The molecule has 1 aliphatic carbocycles. The van der Waals surface area contributed by atoms with E-state index in [1.54, 1.807) is 7.11 Å². The predicted octanol–water partition coefficient (Wildman–Crippen LogP) is 2.46. The van der Waals surface area contributed by atoms with Crippen molar-refractivity contribution < 1.29 is 14.3 Å². The van der Waals surface area contributed by atoms with E-state index in [-0.39, 0.29) is 36.0 Å². The van der Waals surface area contributed by atoms with Gasteiger partial charge in [0.15, 0.2) is 5.96 Å². The third-order valence-corrected chi connectivity index (χ3v) is 3.57. The molecule has 1 rings (SSSR count). The number of methoxy groups -OCH3 is 1. The van der Waals surface area contributed by atoms with Gasteiger partial charge in [-0.25, -0.2) is 0 Å². The number of halogens is 1. The second kappa shape index (κ2) is 15.0. The van der Waals surface area contributed by atoms with Crippen LogP contribution in [-0.4, -0.2) is 51.4 Å². The lowest BCUT2D eigenvalue weighted by atomic mass is 10.3. The van der Waals surface area contributed by atoms with Crippen molar-refractivity contribution in [3.8, 4) is 0 Å². The summed E-state index contributed by atoms with van der Waals surface area (Å²) in [7, 11) is 1.70. The summed E-state index contributed by atoms with van der Waals surface area (Å²) in [4.78, 5) is 16.2. The van der Waals surface area contributed by atoms with Crippen LogP contribution in [0.5, 0.6) is 0 Å². The largest absolute Gasteiger partial charge is 0.462 e.